The summed E-state index contributed by atoms with van der Waals surface area (Å²) >= 11 is 7.88. The Bertz CT molecular complexity index is 522. The predicted molar refractivity (Wildman–Crippen MR) is 94.4 cm³/mol. The van der Waals surface area contributed by atoms with Gasteiger partial charge in [0.2, 0.25) is 0 Å². The lowest BCUT2D eigenvalue weighted by atomic mass is 9.93. The fourth-order valence-electron chi connectivity index (χ4n) is 2.48. The number of hydrogen-bond acceptors (Lipinski definition) is 2. The molecule has 1 unspecified atom stereocenters. The van der Waals surface area contributed by atoms with Crippen LogP contribution >= 0.6 is 22.9 Å². The average molecular weight is 322 g/mol. The summed E-state index contributed by atoms with van der Waals surface area (Å²) in [7, 11) is 0. The van der Waals surface area contributed by atoms with Crippen LogP contribution in [0.2, 0.25) is 5.02 Å². The minimum absolute atomic E-state index is 0.535. The lowest BCUT2D eigenvalue weighted by Gasteiger charge is -2.19. The zero-order valence-corrected chi connectivity index (χ0v) is 14.4. The fourth-order valence-corrected chi connectivity index (χ4v) is 3.40. The van der Waals surface area contributed by atoms with E-state index in [0.717, 1.165) is 24.4 Å². The van der Waals surface area contributed by atoms with Crippen molar-refractivity contribution in [2.75, 3.05) is 6.54 Å². The number of rotatable bonds is 8. The van der Waals surface area contributed by atoms with Crippen LogP contribution in [0.4, 0.5) is 0 Å². The van der Waals surface area contributed by atoms with E-state index in [1.54, 1.807) is 11.3 Å². The van der Waals surface area contributed by atoms with Gasteiger partial charge in [0.1, 0.15) is 0 Å². The van der Waals surface area contributed by atoms with Crippen molar-refractivity contribution in [1.29, 1.82) is 0 Å². The molecule has 0 saturated carbocycles. The highest BCUT2D eigenvalue weighted by Gasteiger charge is 2.11. The van der Waals surface area contributed by atoms with Crippen LogP contribution in [-0.2, 0) is 12.8 Å². The summed E-state index contributed by atoms with van der Waals surface area (Å²) in [5.41, 5.74) is 2.80. The highest BCUT2D eigenvalue weighted by atomic mass is 35.5. The lowest BCUT2D eigenvalue weighted by Crippen LogP contribution is -2.30. The second-order valence-corrected chi connectivity index (χ2v) is 7.15. The Labute approximate surface area is 137 Å². The topological polar surface area (TPSA) is 12.0 Å². The van der Waals surface area contributed by atoms with Crippen LogP contribution in [-0.4, -0.2) is 12.6 Å². The molecule has 1 aromatic heterocycles. The van der Waals surface area contributed by atoms with Crippen LogP contribution in [0.15, 0.2) is 41.1 Å². The molecular formula is C18H24ClNS. The maximum absolute atomic E-state index is 6.10. The van der Waals surface area contributed by atoms with Crippen LogP contribution in [0.3, 0.4) is 0 Å². The summed E-state index contributed by atoms with van der Waals surface area (Å²) in [5, 5.41) is 8.83. The van der Waals surface area contributed by atoms with Gasteiger partial charge in [0, 0.05) is 11.1 Å². The Morgan fingerprint density at radius 1 is 1.19 bits per heavy atom. The number of halogens is 1. The van der Waals surface area contributed by atoms with E-state index in [1.165, 1.54) is 17.5 Å². The molecule has 1 heterocycles. The molecule has 0 aliphatic heterocycles. The summed E-state index contributed by atoms with van der Waals surface area (Å²) in [4.78, 5) is 0. The predicted octanol–water partition coefficient (Wildman–Crippen LogP) is 5.19. The largest absolute Gasteiger partial charge is 0.314 e. The molecule has 2 rings (SSSR count). The van der Waals surface area contributed by atoms with Gasteiger partial charge in [-0.15, -0.1) is 0 Å². The molecule has 0 radical (unpaired) electrons. The maximum atomic E-state index is 6.10. The SMILES string of the molecule is CC(C)NCC(CCc1ccsc1)Cc1cccc(Cl)c1. The van der Waals surface area contributed by atoms with Crippen molar-refractivity contribution in [1.82, 2.24) is 5.32 Å². The van der Waals surface area contributed by atoms with E-state index in [4.69, 9.17) is 11.6 Å². The fraction of sp³-hybridized carbons (Fsp3) is 0.444. The van der Waals surface area contributed by atoms with Crippen molar-refractivity contribution in [2.45, 2.75) is 39.2 Å². The third kappa shape index (κ3) is 6.21. The molecule has 0 aliphatic carbocycles. The molecule has 1 nitrogen and oxygen atoms in total. The van der Waals surface area contributed by atoms with Crippen LogP contribution in [0, 0.1) is 5.92 Å². The minimum atomic E-state index is 0.535. The molecule has 2 aromatic rings. The number of aryl methyl sites for hydroxylation is 1. The van der Waals surface area contributed by atoms with Gasteiger partial charge in [-0.25, -0.2) is 0 Å². The summed E-state index contributed by atoms with van der Waals surface area (Å²) in [6, 6.07) is 11.0. The van der Waals surface area contributed by atoms with Gasteiger partial charge in [0.05, 0.1) is 0 Å². The molecular weight excluding hydrogens is 298 g/mol. The zero-order chi connectivity index (χ0) is 15.1. The molecule has 1 N–H and O–H groups in total. The van der Waals surface area contributed by atoms with E-state index in [0.29, 0.717) is 12.0 Å². The first kappa shape index (κ1) is 16.5. The van der Waals surface area contributed by atoms with Crippen molar-refractivity contribution in [3.05, 3.63) is 57.2 Å². The first-order chi connectivity index (χ1) is 10.1. The molecule has 0 aliphatic rings. The normalized spacial score (nSPS) is 12.8. The van der Waals surface area contributed by atoms with Crippen LogP contribution in [0.25, 0.3) is 0 Å². The Hall–Kier alpha value is -0.830. The quantitative estimate of drug-likeness (QED) is 0.705. The molecule has 1 aromatic carbocycles. The van der Waals surface area contributed by atoms with Crippen molar-refractivity contribution in [3.63, 3.8) is 0 Å². The van der Waals surface area contributed by atoms with Crippen molar-refractivity contribution >= 4 is 22.9 Å². The summed E-state index contributed by atoms with van der Waals surface area (Å²) < 4.78 is 0. The Morgan fingerprint density at radius 2 is 2.05 bits per heavy atom. The molecule has 0 spiro atoms. The molecule has 3 heteroatoms. The van der Waals surface area contributed by atoms with E-state index in [9.17, 15) is 0 Å². The van der Waals surface area contributed by atoms with Gasteiger partial charge < -0.3 is 5.32 Å². The second kappa shape index (κ2) is 8.57. The summed E-state index contributed by atoms with van der Waals surface area (Å²) in [5.74, 6) is 0.644. The van der Waals surface area contributed by atoms with Crippen LogP contribution in [0.5, 0.6) is 0 Å². The molecule has 0 bridgehead atoms. The van der Waals surface area contributed by atoms with Gasteiger partial charge in [-0.1, -0.05) is 37.6 Å². The standard InChI is InChI=1S/C18H24ClNS/c1-14(2)20-12-17(7-6-15-8-9-21-13-15)10-16-4-3-5-18(19)11-16/h3-5,8-9,11,13-14,17,20H,6-7,10,12H2,1-2H3. The Kier molecular flexibility index (Phi) is 6.75. The Balaban J connectivity index is 1.93. The Morgan fingerprint density at radius 3 is 2.71 bits per heavy atom. The highest BCUT2D eigenvalue weighted by Crippen LogP contribution is 2.19. The van der Waals surface area contributed by atoms with Gasteiger partial charge in [0.25, 0.3) is 0 Å². The maximum Gasteiger partial charge on any atom is 0.0408 e. The summed E-state index contributed by atoms with van der Waals surface area (Å²) in [6.45, 7) is 5.47. The van der Waals surface area contributed by atoms with Gasteiger partial charge in [-0.3, -0.25) is 0 Å². The van der Waals surface area contributed by atoms with Crippen molar-refractivity contribution < 1.29 is 0 Å². The van der Waals surface area contributed by atoms with Gasteiger partial charge in [-0.05, 0) is 71.8 Å². The molecule has 0 fully saturated rings. The minimum Gasteiger partial charge on any atom is -0.314 e. The number of nitrogens with one attached hydrogen (secondary N) is 1. The van der Waals surface area contributed by atoms with Crippen molar-refractivity contribution in [3.8, 4) is 0 Å². The van der Waals surface area contributed by atoms with E-state index >= 15 is 0 Å². The summed E-state index contributed by atoms with van der Waals surface area (Å²) in [6.07, 6.45) is 3.46. The highest BCUT2D eigenvalue weighted by molar-refractivity contribution is 7.07. The van der Waals surface area contributed by atoms with Crippen molar-refractivity contribution in [2.24, 2.45) is 5.92 Å². The first-order valence-electron chi connectivity index (χ1n) is 7.62. The third-order valence-electron chi connectivity index (χ3n) is 3.65. The van der Waals surface area contributed by atoms with Crippen LogP contribution in [0.1, 0.15) is 31.4 Å². The smallest absolute Gasteiger partial charge is 0.0408 e. The van der Waals surface area contributed by atoms with E-state index in [2.05, 4.69) is 48.1 Å². The monoisotopic (exact) mass is 321 g/mol. The molecule has 0 saturated heterocycles. The first-order valence-corrected chi connectivity index (χ1v) is 8.94. The zero-order valence-electron chi connectivity index (χ0n) is 12.8. The van der Waals surface area contributed by atoms with Crippen LogP contribution < -0.4 is 5.32 Å². The van der Waals surface area contributed by atoms with E-state index < -0.39 is 0 Å². The molecule has 0 amide bonds. The average Bonchev–Trinajstić information content (AvgIpc) is 2.95. The lowest BCUT2D eigenvalue weighted by molar-refractivity contribution is 0.422. The van der Waals surface area contributed by atoms with Gasteiger partial charge in [0.15, 0.2) is 0 Å². The number of thiophene rings is 1. The molecule has 1 atom stereocenters. The second-order valence-electron chi connectivity index (χ2n) is 5.93. The molecule has 114 valence electrons. The number of benzene rings is 1. The third-order valence-corrected chi connectivity index (χ3v) is 4.62. The van der Waals surface area contributed by atoms with E-state index in [-0.39, 0.29) is 0 Å². The van der Waals surface area contributed by atoms with E-state index in [1.807, 2.05) is 12.1 Å². The van der Waals surface area contributed by atoms with Gasteiger partial charge >= 0.3 is 0 Å². The molecule has 21 heavy (non-hydrogen) atoms. The van der Waals surface area contributed by atoms with Gasteiger partial charge in [-0.2, -0.15) is 11.3 Å². The number of hydrogen-bond donors (Lipinski definition) is 1.